The molecule has 0 bridgehead atoms. The van der Waals surface area contributed by atoms with Crippen molar-refractivity contribution in [2.45, 2.75) is 82.2 Å². The number of epoxide rings is 1. The van der Waals surface area contributed by atoms with E-state index in [-0.39, 0.29) is 46.4 Å². The second-order valence-electron chi connectivity index (χ2n) is 11.1. The molecule has 0 aromatic heterocycles. The number of carbonyl (C=O) groups excluding carboxylic acids is 3. The molecule has 4 aliphatic carbocycles. The number of rotatable bonds is 1. The van der Waals surface area contributed by atoms with Gasteiger partial charge in [-0.2, -0.15) is 0 Å². The number of aliphatic hydroxyl groups is 1. The molecule has 2 spiro atoms. The predicted molar refractivity (Wildman–Crippen MR) is 107 cm³/mol. The van der Waals surface area contributed by atoms with Crippen LogP contribution in [0.1, 0.15) is 58.8 Å². The number of fused-ring (bicyclic) bond motifs is 4. The number of carbonyl (C=O) groups is 3. The molecular formula is C24H30O7. The molecule has 6 rings (SSSR count). The molecule has 0 amide bonds. The summed E-state index contributed by atoms with van der Waals surface area (Å²) in [5.74, 6) is -1.00. The van der Waals surface area contributed by atoms with Crippen molar-refractivity contribution in [3.8, 4) is 0 Å². The van der Waals surface area contributed by atoms with Crippen LogP contribution in [0.15, 0.2) is 11.6 Å². The van der Waals surface area contributed by atoms with Gasteiger partial charge >= 0.3 is 11.9 Å². The van der Waals surface area contributed by atoms with Crippen molar-refractivity contribution < 1.29 is 33.7 Å². The minimum Gasteiger partial charge on any atom is -0.469 e. The van der Waals surface area contributed by atoms with Crippen LogP contribution >= 0.6 is 0 Å². The Balaban J connectivity index is 1.48. The zero-order chi connectivity index (χ0) is 22.0. The highest BCUT2D eigenvalue weighted by Gasteiger charge is 2.83. The SMILES string of the molecule is COC(=O)[C@@H]1CC2=CC(=O)CC[C@]2(C)[C@@]23O[C@@H]2C[C@@]2(C)[C@@H](CC[C@@]24CC(O)C(=O)O4)[C@H]13. The van der Waals surface area contributed by atoms with Crippen molar-refractivity contribution in [3.05, 3.63) is 11.6 Å². The summed E-state index contributed by atoms with van der Waals surface area (Å²) >= 11 is 0. The first-order valence-corrected chi connectivity index (χ1v) is 11.5. The van der Waals surface area contributed by atoms with E-state index in [4.69, 9.17) is 14.2 Å². The maximum atomic E-state index is 13.0. The highest BCUT2D eigenvalue weighted by Crippen LogP contribution is 2.78. The average Bonchev–Trinajstić information content (AvgIpc) is 3.28. The van der Waals surface area contributed by atoms with Gasteiger partial charge < -0.3 is 19.3 Å². The third kappa shape index (κ3) is 2.11. The van der Waals surface area contributed by atoms with Gasteiger partial charge in [-0.05, 0) is 44.1 Å². The van der Waals surface area contributed by atoms with Crippen LogP contribution in [0.5, 0.6) is 0 Å². The number of hydrogen-bond acceptors (Lipinski definition) is 7. The molecule has 1 N–H and O–H groups in total. The van der Waals surface area contributed by atoms with Crippen molar-refractivity contribution in [2.75, 3.05) is 7.11 Å². The molecule has 0 aromatic rings. The number of hydrogen-bond donors (Lipinski definition) is 1. The quantitative estimate of drug-likeness (QED) is 0.502. The van der Waals surface area contributed by atoms with Crippen LogP contribution in [-0.2, 0) is 28.6 Å². The largest absolute Gasteiger partial charge is 0.469 e. The van der Waals surface area contributed by atoms with E-state index in [1.54, 1.807) is 6.08 Å². The lowest BCUT2D eigenvalue weighted by Gasteiger charge is -2.58. The Bertz CT molecular complexity index is 940. The summed E-state index contributed by atoms with van der Waals surface area (Å²) in [6.07, 6.45) is 4.93. The lowest BCUT2D eigenvalue weighted by atomic mass is 9.43. The molecule has 2 aliphatic heterocycles. The Morgan fingerprint density at radius 1 is 1.23 bits per heavy atom. The van der Waals surface area contributed by atoms with Crippen molar-refractivity contribution in [3.63, 3.8) is 0 Å². The van der Waals surface area contributed by atoms with E-state index in [1.165, 1.54) is 7.11 Å². The molecule has 3 saturated carbocycles. The van der Waals surface area contributed by atoms with Crippen molar-refractivity contribution in [1.29, 1.82) is 0 Å². The Labute approximate surface area is 181 Å². The Morgan fingerprint density at radius 2 is 2.00 bits per heavy atom. The number of methoxy groups -OCH3 is 1. The molecule has 9 atom stereocenters. The highest BCUT2D eigenvalue weighted by atomic mass is 16.6. The first-order chi connectivity index (χ1) is 14.6. The molecule has 2 saturated heterocycles. The van der Waals surface area contributed by atoms with E-state index in [0.29, 0.717) is 25.7 Å². The van der Waals surface area contributed by atoms with Crippen LogP contribution in [0.2, 0.25) is 0 Å². The predicted octanol–water partition coefficient (Wildman–Crippen LogP) is 2.10. The zero-order valence-electron chi connectivity index (χ0n) is 18.3. The van der Waals surface area contributed by atoms with Gasteiger partial charge in [0.1, 0.15) is 11.2 Å². The first kappa shape index (κ1) is 19.9. The molecule has 2 heterocycles. The topological polar surface area (TPSA) is 102 Å². The molecule has 168 valence electrons. The molecule has 0 radical (unpaired) electrons. The van der Waals surface area contributed by atoms with Gasteiger partial charge in [-0.3, -0.25) is 9.59 Å². The summed E-state index contributed by atoms with van der Waals surface area (Å²) in [7, 11) is 1.42. The van der Waals surface area contributed by atoms with Gasteiger partial charge in [-0.1, -0.05) is 19.4 Å². The van der Waals surface area contributed by atoms with Gasteiger partial charge in [-0.15, -0.1) is 0 Å². The van der Waals surface area contributed by atoms with Crippen LogP contribution < -0.4 is 0 Å². The Hall–Kier alpha value is -1.73. The fraction of sp³-hybridized carbons (Fsp3) is 0.792. The van der Waals surface area contributed by atoms with Gasteiger partial charge in [0, 0.05) is 29.6 Å². The Kier molecular flexibility index (Phi) is 3.72. The van der Waals surface area contributed by atoms with Crippen LogP contribution in [0.25, 0.3) is 0 Å². The molecular weight excluding hydrogens is 400 g/mol. The van der Waals surface area contributed by atoms with Crippen LogP contribution in [0, 0.1) is 28.6 Å². The molecule has 5 fully saturated rings. The van der Waals surface area contributed by atoms with Crippen molar-refractivity contribution >= 4 is 17.7 Å². The van der Waals surface area contributed by atoms with E-state index in [0.717, 1.165) is 24.8 Å². The van der Waals surface area contributed by atoms with Crippen molar-refractivity contribution in [2.24, 2.45) is 28.6 Å². The standard InChI is InChI=1S/C24H30O7/c1-21-6-4-13(25)8-12(21)9-14(19(27)29-3)18-15-5-7-23(10-16(26)20(28)31-23)22(15,2)11-17-24(18,21)30-17/h8,14-18,26H,4-7,9-11H2,1-3H3/t14-,15+,16?,17-,18+,21+,22+,23-,24-/m1/s1. The summed E-state index contributed by atoms with van der Waals surface area (Å²) in [5.41, 5.74) is -0.801. The number of esters is 2. The van der Waals surface area contributed by atoms with E-state index in [9.17, 15) is 19.5 Å². The van der Waals surface area contributed by atoms with E-state index >= 15 is 0 Å². The lowest BCUT2D eigenvalue weighted by molar-refractivity contribution is -0.173. The Morgan fingerprint density at radius 3 is 2.68 bits per heavy atom. The minimum atomic E-state index is -1.08. The number of ketones is 1. The van der Waals surface area contributed by atoms with E-state index < -0.39 is 23.3 Å². The summed E-state index contributed by atoms with van der Waals surface area (Å²) in [6.45, 7) is 4.37. The molecule has 31 heavy (non-hydrogen) atoms. The number of ether oxygens (including phenoxy) is 3. The van der Waals surface area contributed by atoms with Crippen LogP contribution in [0.4, 0.5) is 0 Å². The number of aliphatic hydroxyl groups excluding tert-OH is 1. The van der Waals surface area contributed by atoms with Gasteiger partial charge in [0.2, 0.25) is 0 Å². The van der Waals surface area contributed by atoms with Crippen molar-refractivity contribution in [1.82, 2.24) is 0 Å². The molecule has 7 heteroatoms. The smallest absolute Gasteiger partial charge is 0.335 e. The van der Waals surface area contributed by atoms with Gasteiger partial charge in [-0.25, -0.2) is 4.79 Å². The van der Waals surface area contributed by atoms with E-state index in [2.05, 4.69) is 13.8 Å². The summed E-state index contributed by atoms with van der Waals surface area (Å²) in [5, 5.41) is 10.2. The fourth-order valence-electron chi connectivity index (χ4n) is 8.68. The summed E-state index contributed by atoms with van der Waals surface area (Å²) < 4.78 is 17.7. The normalized spacial score (nSPS) is 54.3. The first-order valence-electron chi connectivity index (χ1n) is 11.5. The highest BCUT2D eigenvalue weighted by molar-refractivity contribution is 5.92. The third-order valence-electron chi connectivity index (χ3n) is 10.3. The average molecular weight is 430 g/mol. The van der Waals surface area contributed by atoms with E-state index in [1.807, 2.05) is 0 Å². The fourth-order valence-corrected chi connectivity index (χ4v) is 8.68. The van der Waals surface area contributed by atoms with Gasteiger partial charge in [0.05, 0.1) is 19.1 Å². The maximum Gasteiger partial charge on any atom is 0.335 e. The summed E-state index contributed by atoms with van der Waals surface area (Å²) in [4.78, 5) is 37.5. The zero-order valence-corrected chi connectivity index (χ0v) is 18.3. The monoisotopic (exact) mass is 430 g/mol. The third-order valence-corrected chi connectivity index (χ3v) is 10.3. The second-order valence-corrected chi connectivity index (χ2v) is 11.1. The second kappa shape index (κ2) is 5.79. The molecule has 7 nitrogen and oxygen atoms in total. The minimum absolute atomic E-state index is 0.0563. The molecule has 1 unspecified atom stereocenters. The van der Waals surface area contributed by atoms with Crippen LogP contribution in [0.3, 0.4) is 0 Å². The lowest BCUT2D eigenvalue weighted by Crippen LogP contribution is -2.63. The maximum absolute atomic E-state index is 13.0. The molecule has 6 aliphatic rings. The molecule has 0 aromatic carbocycles. The van der Waals surface area contributed by atoms with Gasteiger partial charge in [0.15, 0.2) is 11.9 Å². The van der Waals surface area contributed by atoms with Gasteiger partial charge in [0.25, 0.3) is 0 Å². The van der Waals surface area contributed by atoms with Crippen LogP contribution in [-0.4, -0.2) is 53.3 Å². The summed E-state index contributed by atoms with van der Waals surface area (Å²) in [6, 6.07) is 0.